The molecule has 6 heterocycles. The second-order valence-corrected chi connectivity index (χ2v) is 26.5. The number of imidazole rings is 2. The number of rotatable bonds is 19. The molecule has 0 saturated carbocycles. The van der Waals surface area contributed by atoms with Gasteiger partial charge in [-0.05, 0) is 24.0 Å². The van der Waals surface area contributed by atoms with Crippen molar-refractivity contribution in [1.82, 2.24) is 39.0 Å². The molecule has 0 amide bonds. The van der Waals surface area contributed by atoms with Crippen LogP contribution in [0.3, 0.4) is 0 Å². The van der Waals surface area contributed by atoms with Crippen LogP contribution in [-0.2, 0) is 52.6 Å². The number of fused-ring (bicyclic) bond motifs is 2. The maximum absolute atomic E-state index is 13.1. The molecule has 65 heavy (non-hydrogen) atoms. The van der Waals surface area contributed by atoms with Crippen molar-refractivity contribution in [3.05, 3.63) is 12.7 Å². The first-order valence-electron chi connectivity index (χ1n) is 17.4. The summed E-state index contributed by atoms with van der Waals surface area (Å²) < 4.78 is 72.5. The Bertz CT molecular complexity index is 2470. The smallest absolute Gasteiger partial charge is 0.387 e. The van der Waals surface area contributed by atoms with E-state index in [2.05, 4.69) is 50.8 Å². The molecule has 4 aromatic rings. The predicted molar refractivity (Wildman–Crippen MR) is 225 cm³/mol. The van der Waals surface area contributed by atoms with Crippen LogP contribution in [0.2, 0.25) is 0 Å². The van der Waals surface area contributed by atoms with Gasteiger partial charge in [0.2, 0.25) is 4.86 Å². The molecule has 26 nitrogen and oxygen atoms in total. The maximum Gasteiger partial charge on any atom is 1.00 e. The summed E-state index contributed by atoms with van der Waals surface area (Å²) in [7, 11) is -11.5. The van der Waals surface area contributed by atoms with Crippen molar-refractivity contribution in [3.63, 3.8) is 0 Å². The van der Waals surface area contributed by atoms with Crippen LogP contribution in [0.15, 0.2) is 23.0 Å². The van der Waals surface area contributed by atoms with Gasteiger partial charge in [-0.25, -0.2) is 43.1 Å². The predicted octanol–water partition coefficient (Wildman–Crippen LogP) is -10.1. The van der Waals surface area contributed by atoms with E-state index in [9.17, 15) is 48.8 Å². The molecular formula is C26H39ClN10Na4O16P4S4+4. The Morgan fingerprint density at radius 1 is 0.769 bits per heavy atom. The van der Waals surface area contributed by atoms with Gasteiger partial charge in [-0.15, -0.1) is 0 Å². The molecule has 5 unspecified atom stereocenters. The first kappa shape index (κ1) is 64.0. The topological polar surface area (TPSA) is 387 Å². The minimum absolute atomic E-state index is 0. The van der Waals surface area contributed by atoms with E-state index in [-0.39, 0.29) is 152 Å². The fourth-order valence-electron chi connectivity index (χ4n) is 5.79. The summed E-state index contributed by atoms with van der Waals surface area (Å²) in [6, 6.07) is 0. The molecule has 0 aliphatic carbocycles. The fraction of sp³-hybridized carbons (Fsp3) is 0.615. The SMILES string of the molecule is CCCSc1nc(N)c2ncn([C@@H]3O[C@H](COP(O)(=S)OP(=O)(O)C(Cl)P(=O)(O)OP(=O)(S)OC[C@H]4O[C@@H](n5cnc6c(N)nc(SCC)nc65)[C@H](O)[C@@H]4O)[C@@H](O)[C@H]3O)c2n1.[Na+].[Na+].[Na+].[Na+]. The van der Waals surface area contributed by atoms with Gasteiger partial charge in [0.1, 0.15) is 47.7 Å². The number of aromatic nitrogens is 8. The summed E-state index contributed by atoms with van der Waals surface area (Å²) in [6.45, 7) is -7.90. The van der Waals surface area contributed by atoms with Gasteiger partial charge in [0.25, 0.3) is 0 Å². The number of alkyl halides is 1. The summed E-state index contributed by atoms with van der Waals surface area (Å²) in [6.07, 6.45) is -9.03. The van der Waals surface area contributed by atoms with Gasteiger partial charge in [-0.3, -0.25) is 22.8 Å². The van der Waals surface area contributed by atoms with Crippen molar-refractivity contribution < 1.29 is 194 Å². The summed E-state index contributed by atoms with van der Waals surface area (Å²) >= 11 is 16.8. The molecule has 0 spiro atoms. The number of nitrogen functional groups attached to an aromatic ring is 2. The van der Waals surface area contributed by atoms with Crippen molar-refractivity contribution in [2.45, 2.75) is 84.5 Å². The van der Waals surface area contributed by atoms with E-state index in [1.807, 2.05) is 13.8 Å². The zero-order valence-corrected chi connectivity index (χ0v) is 50.9. The summed E-state index contributed by atoms with van der Waals surface area (Å²) in [4.78, 5) is 54.1. The Morgan fingerprint density at radius 2 is 1.20 bits per heavy atom. The molecule has 0 bridgehead atoms. The van der Waals surface area contributed by atoms with Crippen LogP contribution in [0.1, 0.15) is 32.7 Å². The standard InChI is InChI=1S/C26H39ClN10O16P4S4.4Na/c1-3-5-61-26-33-19(29)13-21(35-26)37(9-31-13)23-17(41)15(39)11(51-23)7-49-57(47,59)53-55(44,45)24(27)54(42,43)52-56(46,58)48-6-10-14(38)16(40)22(50-10)36-8-30-12-18(28)32-25(60-4-2)34-20(12)36;;;;/h8-11,14-17,22-24,38-41H,3-7H2,1-2H3,(H,42,43)(H,44,45)(H,46,58)(H,47,59)(H2,28,32,34)(H2,29,33,35);;;;/q;4*+1/t10-,11-,14-,15-,16-,17-,22-,23-,24?,56?,57?;;;;/m1..../s1. The van der Waals surface area contributed by atoms with E-state index >= 15 is 0 Å². The minimum atomic E-state index is -5.78. The molecule has 39 heteroatoms. The number of hydrogen-bond acceptors (Lipinski definition) is 24. The fourth-order valence-corrected chi connectivity index (χ4v) is 16.2. The molecule has 340 valence electrons. The molecule has 2 saturated heterocycles. The van der Waals surface area contributed by atoms with Crippen molar-refractivity contribution in [3.8, 4) is 0 Å². The second kappa shape index (κ2) is 26.4. The number of aliphatic hydroxyl groups is 4. The van der Waals surface area contributed by atoms with Crippen molar-refractivity contribution in [2.24, 2.45) is 0 Å². The van der Waals surface area contributed by atoms with Crippen LogP contribution in [0.5, 0.6) is 0 Å². The van der Waals surface area contributed by atoms with Crippen LogP contribution < -0.4 is 130 Å². The maximum atomic E-state index is 13.1. The zero-order chi connectivity index (χ0) is 44.8. The Morgan fingerprint density at radius 3 is 1.65 bits per heavy atom. The van der Waals surface area contributed by atoms with Gasteiger partial charge in [-0.2, -0.15) is 0 Å². The van der Waals surface area contributed by atoms with Crippen LogP contribution >= 0.6 is 76.1 Å². The third kappa shape index (κ3) is 15.2. The summed E-state index contributed by atoms with van der Waals surface area (Å²) in [5, 5.41) is 43.7. The Kier molecular flexibility index (Phi) is 26.0. The largest absolute Gasteiger partial charge is 1.00 e. The third-order valence-corrected chi connectivity index (χ3v) is 21.1. The molecule has 11 N–H and O–H groups in total. The van der Waals surface area contributed by atoms with E-state index in [0.29, 0.717) is 21.8 Å². The average Bonchev–Trinajstić information content (AvgIpc) is 3.93. The molecule has 0 radical (unpaired) electrons. The molecular weight excluding hydrogens is 1090 g/mol. The molecule has 2 aliphatic rings. The number of halogens is 1. The van der Waals surface area contributed by atoms with Crippen LogP contribution in [-0.4, -0.2) is 140 Å². The molecule has 4 aromatic heterocycles. The first-order chi connectivity index (χ1) is 28.5. The van der Waals surface area contributed by atoms with E-state index in [0.717, 1.165) is 6.42 Å². The summed E-state index contributed by atoms with van der Waals surface area (Å²) in [5.74, 6) is 1.40. The number of nitrogens with two attached hydrogens (primary N) is 2. The Labute approximate surface area is 482 Å². The van der Waals surface area contributed by atoms with E-state index < -0.39 is 95.9 Å². The van der Waals surface area contributed by atoms with Gasteiger partial charge >= 0.3 is 147 Å². The second-order valence-electron chi connectivity index (χ2n) is 12.9. The number of aliphatic hydroxyl groups excluding tert-OH is 4. The van der Waals surface area contributed by atoms with Crippen LogP contribution in [0.4, 0.5) is 11.6 Å². The number of ether oxygens (including phenoxy) is 2. The van der Waals surface area contributed by atoms with Gasteiger partial charge in [0, 0.05) is 5.75 Å². The van der Waals surface area contributed by atoms with E-state index in [1.165, 1.54) is 45.3 Å². The summed E-state index contributed by atoms with van der Waals surface area (Å²) in [5.41, 5.74) is 12.7. The van der Waals surface area contributed by atoms with Crippen molar-refractivity contribution in [2.75, 3.05) is 36.2 Å². The number of anilines is 2. The van der Waals surface area contributed by atoms with Gasteiger partial charge < -0.3 is 60.6 Å². The normalized spacial score (nSPS) is 27.2. The van der Waals surface area contributed by atoms with Crippen molar-refractivity contribution in [1.29, 1.82) is 0 Å². The first-order valence-corrected chi connectivity index (χ1v) is 28.4. The van der Waals surface area contributed by atoms with E-state index in [1.54, 1.807) is 0 Å². The van der Waals surface area contributed by atoms with Gasteiger partial charge in [0.05, 0.1) is 25.9 Å². The number of hydrogen-bond donors (Lipinski definition) is 10. The number of nitrogens with zero attached hydrogens (tertiary/aromatic N) is 8. The van der Waals surface area contributed by atoms with Crippen molar-refractivity contribution >= 4 is 122 Å². The molecule has 6 rings (SSSR count). The zero-order valence-electron chi connectivity index (χ0n) is 35.3. The monoisotopic (exact) mass is 1130 g/mol. The Balaban J connectivity index is 0.00000363. The molecule has 0 aromatic carbocycles. The number of thiol groups is 1. The van der Waals surface area contributed by atoms with Gasteiger partial charge in [-0.1, -0.05) is 61.2 Å². The average molecular weight is 1130 g/mol. The quantitative estimate of drug-likeness (QED) is 0.0104. The minimum Gasteiger partial charge on any atom is -0.387 e. The van der Waals surface area contributed by atoms with Crippen LogP contribution in [0.25, 0.3) is 22.3 Å². The molecule has 2 fully saturated rings. The third-order valence-electron chi connectivity index (χ3n) is 8.57. The van der Waals surface area contributed by atoms with Crippen LogP contribution in [0, 0.1) is 0 Å². The number of thioether (sulfide) groups is 2. The van der Waals surface area contributed by atoms with Gasteiger partial charge in [0.15, 0.2) is 45.7 Å². The Hall–Kier alpha value is 2.86. The van der Waals surface area contributed by atoms with E-state index in [4.69, 9.17) is 53.4 Å². The molecule has 2 aliphatic heterocycles. The molecule has 13 atom stereocenters.